The summed E-state index contributed by atoms with van der Waals surface area (Å²) >= 11 is 5.44. The molecule has 0 saturated carbocycles. The van der Waals surface area contributed by atoms with Crippen molar-refractivity contribution in [2.75, 3.05) is 0 Å². The van der Waals surface area contributed by atoms with Gasteiger partial charge < -0.3 is 0 Å². The van der Waals surface area contributed by atoms with Crippen LogP contribution in [-0.2, 0) is 0 Å². The van der Waals surface area contributed by atoms with Crippen LogP contribution < -0.4 is 0 Å². The molecule has 1 N–H and O–H groups in total. The highest BCUT2D eigenvalue weighted by Crippen LogP contribution is 2.29. The zero-order valence-corrected chi connectivity index (χ0v) is 16.5. The minimum atomic E-state index is -0.244. The number of nitrogens with one attached hydrogen (secondary N) is 1. The van der Waals surface area contributed by atoms with Crippen molar-refractivity contribution in [2.24, 2.45) is 0 Å². The Morgan fingerprint density at radius 1 is 1.00 bits per heavy atom. The van der Waals surface area contributed by atoms with Crippen molar-refractivity contribution in [3.63, 3.8) is 0 Å². The van der Waals surface area contributed by atoms with E-state index in [1.807, 2.05) is 85.1 Å². The van der Waals surface area contributed by atoms with Crippen molar-refractivity contribution in [3.8, 4) is 16.8 Å². The third-order valence-corrected chi connectivity index (χ3v) is 5.23. The van der Waals surface area contributed by atoms with Crippen molar-refractivity contribution >= 4 is 12.2 Å². The molecule has 3 nitrogen and oxygen atoms in total. The van der Waals surface area contributed by atoms with E-state index in [2.05, 4.69) is 10.2 Å². The number of rotatable bonds is 4. The number of H-pyrrole nitrogens is 1. The summed E-state index contributed by atoms with van der Waals surface area (Å²) < 4.78 is 17.3. The molecular weight excluding hydrogens is 369 g/mol. The van der Waals surface area contributed by atoms with Crippen LogP contribution in [0.25, 0.3) is 16.8 Å². The van der Waals surface area contributed by atoms with Gasteiger partial charge in [-0.25, -0.2) is 4.39 Å². The van der Waals surface area contributed by atoms with Crippen molar-refractivity contribution < 1.29 is 4.39 Å². The Kier molecular flexibility index (Phi) is 4.92. The van der Waals surface area contributed by atoms with Crippen LogP contribution >= 0.6 is 12.2 Å². The molecule has 4 aromatic rings. The maximum Gasteiger partial charge on any atom is 0.199 e. The van der Waals surface area contributed by atoms with E-state index in [0.29, 0.717) is 10.3 Å². The SMILES string of the molecule is Cc1ccc(-n2c(C(C)c3ccc(-c4ccccc4)c(F)c3)n[nH]c2=S)cc1. The zero-order valence-electron chi connectivity index (χ0n) is 15.7. The van der Waals surface area contributed by atoms with Crippen LogP contribution in [0.2, 0.25) is 0 Å². The number of aromatic amines is 1. The monoisotopic (exact) mass is 389 g/mol. The number of nitrogens with zero attached hydrogens (tertiary/aromatic N) is 2. The molecule has 28 heavy (non-hydrogen) atoms. The van der Waals surface area contributed by atoms with Crippen LogP contribution in [-0.4, -0.2) is 14.8 Å². The number of hydrogen-bond acceptors (Lipinski definition) is 2. The van der Waals surface area contributed by atoms with E-state index in [1.54, 1.807) is 6.07 Å². The van der Waals surface area contributed by atoms with E-state index >= 15 is 0 Å². The quantitative estimate of drug-likeness (QED) is 0.422. The second kappa shape index (κ2) is 7.52. The largest absolute Gasteiger partial charge is 0.272 e. The number of hydrogen-bond donors (Lipinski definition) is 1. The summed E-state index contributed by atoms with van der Waals surface area (Å²) in [5.74, 6) is 0.376. The Labute approximate surface area is 168 Å². The lowest BCUT2D eigenvalue weighted by Gasteiger charge is -2.15. The molecule has 140 valence electrons. The summed E-state index contributed by atoms with van der Waals surface area (Å²) in [6.07, 6.45) is 0. The molecule has 0 aliphatic rings. The van der Waals surface area contributed by atoms with Crippen LogP contribution in [0.5, 0.6) is 0 Å². The Balaban J connectivity index is 1.73. The second-order valence-corrected chi connectivity index (χ2v) is 7.27. The smallest absolute Gasteiger partial charge is 0.199 e. The Morgan fingerprint density at radius 3 is 2.39 bits per heavy atom. The second-order valence-electron chi connectivity index (χ2n) is 6.88. The fraction of sp³-hybridized carbons (Fsp3) is 0.130. The van der Waals surface area contributed by atoms with E-state index in [0.717, 1.165) is 22.6 Å². The van der Waals surface area contributed by atoms with Crippen LogP contribution in [0.3, 0.4) is 0 Å². The molecule has 0 amide bonds. The van der Waals surface area contributed by atoms with Gasteiger partial charge in [0.05, 0.1) is 0 Å². The highest BCUT2D eigenvalue weighted by molar-refractivity contribution is 7.71. The maximum absolute atomic E-state index is 14.8. The van der Waals surface area contributed by atoms with Gasteiger partial charge in [-0.05, 0) is 48.5 Å². The maximum atomic E-state index is 14.8. The van der Waals surface area contributed by atoms with E-state index in [4.69, 9.17) is 12.2 Å². The molecule has 1 atom stereocenters. The fourth-order valence-electron chi connectivity index (χ4n) is 3.34. The third-order valence-electron chi connectivity index (χ3n) is 4.96. The van der Waals surface area contributed by atoms with Gasteiger partial charge in [-0.3, -0.25) is 9.67 Å². The standard InChI is InChI=1S/C23H20FN3S/c1-15-8-11-19(12-9-15)27-22(25-26-23(27)28)16(2)18-10-13-20(21(24)14-18)17-6-4-3-5-7-17/h3-14,16H,1-2H3,(H,26,28). The highest BCUT2D eigenvalue weighted by Gasteiger charge is 2.19. The topological polar surface area (TPSA) is 33.6 Å². The van der Waals surface area contributed by atoms with Gasteiger partial charge in [0.2, 0.25) is 0 Å². The van der Waals surface area contributed by atoms with E-state index in [-0.39, 0.29) is 11.7 Å². The number of aromatic nitrogens is 3. The highest BCUT2D eigenvalue weighted by atomic mass is 32.1. The normalized spacial score (nSPS) is 12.1. The van der Waals surface area contributed by atoms with Gasteiger partial charge in [0.15, 0.2) is 4.77 Å². The minimum absolute atomic E-state index is 0.131. The van der Waals surface area contributed by atoms with Crippen molar-refractivity contribution in [1.29, 1.82) is 0 Å². The first-order valence-electron chi connectivity index (χ1n) is 9.14. The Morgan fingerprint density at radius 2 is 1.71 bits per heavy atom. The molecule has 1 heterocycles. The molecule has 0 saturated heterocycles. The minimum Gasteiger partial charge on any atom is -0.272 e. The molecule has 4 rings (SSSR count). The molecule has 3 aromatic carbocycles. The van der Waals surface area contributed by atoms with Crippen LogP contribution in [0.1, 0.15) is 29.8 Å². The molecule has 0 aliphatic carbocycles. The van der Waals surface area contributed by atoms with Gasteiger partial charge in [0, 0.05) is 17.2 Å². The van der Waals surface area contributed by atoms with Crippen molar-refractivity contribution in [1.82, 2.24) is 14.8 Å². The van der Waals surface area contributed by atoms with Gasteiger partial charge in [0.25, 0.3) is 0 Å². The summed E-state index contributed by atoms with van der Waals surface area (Å²) in [4.78, 5) is 0. The Hall–Kier alpha value is -3.05. The molecule has 0 aliphatic heterocycles. The van der Waals surface area contributed by atoms with Gasteiger partial charge in [-0.15, -0.1) is 0 Å². The molecule has 5 heteroatoms. The lowest BCUT2D eigenvalue weighted by atomic mass is 9.96. The molecule has 0 spiro atoms. The van der Waals surface area contributed by atoms with Crippen LogP contribution in [0.15, 0.2) is 72.8 Å². The number of aryl methyl sites for hydroxylation is 1. The van der Waals surface area contributed by atoms with Gasteiger partial charge >= 0.3 is 0 Å². The molecule has 0 fully saturated rings. The first-order chi connectivity index (χ1) is 13.5. The first kappa shape index (κ1) is 18.3. The molecule has 0 radical (unpaired) electrons. The fourth-order valence-corrected chi connectivity index (χ4v) is 3.59. The zero-order chi connectivity index (χ0) is 19.7. The summed E-state index contributed by atoms with van der Waals surface area (Å²) in [6.45, 7) is 4.05. The summed E-state index contributed by atoms with van der Waals surface area (Å²) in [7, 11) is 0. The van der Waals surface area contributed by atoms with Gasteiger partial charge in [-0.1, -0.05) is 67.1 Å². The van der Waals surface area contributed by atoms with Crippen LogP contribution in [0.4, 0.5) is 4.39 Å². The molecular formula is C23H20FN3S. The van der Waals surface area contributed by atoms with Crippen LogP contribution in [0, 0.1) is 17.5 Å². The third kappa shape index (κ3) is 3.41. The summed E-state index contributed by atoms with van der Waals surface area (Å²) in [5.41, 5.74) is 4.41. The predicted molar refractivity (Wildman–Crippen MR) is 113 cm³/mol. The average molecular weight is 389 g/mol. The van der Waals surface area contributed by atoms with E-state index < -0.39 is 0 Å². The lowest BCUT2D eigenvalue weighted by molar-refractivity contribution is 0.626. The van der Waals surface area contributed by atoms with Gasteiger partial charge in [0.1, 0.15) is 11.6 Å². The first-order valence-corrected chi connectivity index (χ1v) is 9.54. The molecule has 0 bridgehead atoms. The van der Waals surface area contributed by atoms with Gasteiger partial charge in [-0.2, -0.15) is 5.10 Å². The van der Waals surface area contributed by atoms with Crippen molar-refractivity contribution in [2.45, 2.75) is 19.8 Å². The average Bonchev–Trinajstić information content (AvgIpc) is 3.10. The van der Waals surface area contributed by atoms with Crippen molar-refractivity contribution in [3.05, 3.63) is 100 Å². The Bertz CT molecular complexity index is 1160. The number of halogens is 1. The van der Waals surface area contributed by atoms with E-state index in [9.17, 15) is 4.39 Å². The summed E-state index contributed by atoms with van der Waals surface area (Å²) in [6, 6.07) is 23.0. The lowest BCUT2D eigenvalue weighted by Crippen LogP contribution is -2.07. The number of benzene rings is 3. The predicted octanol–water partition coefficient (Wildman–Crippen LogP) is 6.20. The summed E-state index contributed by atoms with van der Waals surface area (Å²) in [5, 5.41) is 7.30. The van der Waals surface area contributed by atoms with E-state index in [1.165, 1.54) is 5.56 Å². The molecule has 1 aromatic heterocycles. The molecule has 1 unspecified atom stereocenters.